The van der Waals surface area contributed by atoms with Crippen molar-refractivity contribution < 1.29 is 22.7 Å². The summed E-state index contributed by atoms with van der Waals surface area (Å²) in [5.74, 6) is -0.568. The van der Waals surface area contributed by atoms with Crippen LogP contribution >= 0.6 is 11.6 Å². The molecule has 2 rings (SSSR count). The molecule has 0 atom stereocenters. The number of hydrogen-bond acceptors (Lipinski definition) is 5. The molecule has 0 bridgehead atoms. The monoisotopic (exact) mass is 395 g/mol. The van der Waals surface area contributed by atoms with Crippen LogP contribution in [-0.4, -0.2) is 38.1 Å². The lowest BCUT2D eigenvalue weighted by Gasteiger charge is -2.17. The van der Waals surface area contributed by atoms with Gasteiger partial charge in [-0.05, 0) is 49.7 Å². The minimum Gasteiger partial charge on any atom is -0.425 e. The van der Waals surface area contributed by atoms with Crippen molar-refractivity contribution in [2.45, 2.75) is 18.7 Å². The Hall–Kier alpha value is -2.22. The predicted molar refractivity (Wildman–Crippen MR) is 98.1 cm³/mol. The Kier molecular flexibility index (Phi) is 6.17. The summed E-state index contributed by atoms with van der Waals surface area (Å²) in [5, 5.41) is 0.510. The molecule has 0 fully saturated rings. The Labute approximate surface area is 157 Å². The van der Waals surface area contributed by atoms with Gasteiger partial charge in [0.2, 0.25) is 10.0 Å². The maximum atomic E-state index is 12.5. The van der Waals surface area contributed by atoms with Gasteiger partial charge in [0.05, 0.1) is 4.90 Å². The number of likely N-dealkylation sites (N-methyl/N-ethyl adjacent to an activating group) is 1. The van der Waals surface area contributed by atoms with E-state index in [0.29, 0.717) is 21.9 Å². The minimum absolute atomic E-state index is 0.0135. The van der Waals surface area contributed by atoms with Crippen molar-refractivity contribution in [2.24, 2.45) is 0 Å². The average molecular weight is 396 g/mol. The van der Waals surface area contributed by atoms with Gasteiger partial charge in [-0.25, -0.2) is 8.42 Å². The molecule has 0 spiro atoms. The van der Waals surface area contributed by atoms with Crippen molar-refractivity contribution in [3.05, 3.63) is 58.6 Å². The highest BCUT2D eigenvalue weighted by Gasteiger charge is 2.24. The second-order valence-corrected chi connectivity index (χ2v) is 8.21. The van der Waals surface area contributed by atoms with Crippen LogP contribution in [0.15, 0.2) is 47.4 Å². The number of hydrogen-bond donors (Lipinski definition) is 0. The quantitative estimate of drug-likeness (QED) is 0.426. The number of nitrogens with zero attached hydrogens (tertiary/aromatic N) is 1. The number of esters is 1. The van der Waals surface area contributed by atoms with Crippen LogP contribution in [0.3, 0.4) is 0 Å². The van der Waals surface area contributed by atoms with E-state index in [1.54, 1.807) is 25.1 Å². The summed E-state index contributed by atoms with van der Waals surface area (Å²) < 4.78 is 31.2. The topological polar surface area (TPSA) is 80.8 Å². The maximum absolute atomic E-state index is 12.5. The summed E-state index contributed by atoms with van der Waals surface area (Å²) in [6.45, 7) is 2.66. The molecule has 0 saturated heterocycles. The third kappa shape index (κ3) is 4.69. The van der Waals surface area contributed by atoms with E-state index in [0.717, 1.165) is 4.31 Å². The van der Waals surface area contributed by atoms with Crippen molar-refractivity contribution in [3.8, 4) is 5.75 Å². The summed E-state index contributed by atoms with van der Waals surface area (Å²) in [7, 11) is -2.60. The van der Waals surface area contributed by atoms with Crippen LogP contribution in [0.25, 0.3) is 0 Å². The number of ether oxygens (including phenoxy) is 1. The number of rotatable bonds is 6. The number of benzene rings is 2. The van der Waals surface area contributed by atoms with Crippen LogP contribution in [-0.2, 0) is 14.8 Å². The summed E-state index contributed by atoms with van der Waals surface area (Å²) in [5.41, 5.74) is 1.07. The van der Waals surface area contributed by atoms with Crippen molar-refractivity contribution >= 4 is 33.4 Å². The van der Waals surface area contributed by atoms with Crippen molar-refractivity contribution in [3.63, 3.8) is 0 Å². The Bertz CT molecular complexity index is 939. The van der Waals surface area contributed by atoms with Crippen LogP contribution in [0.5, 0.6) is 5.75 Å². The molecule has 0 aliphatic rings. The summed E-state index contributed by atoms with van der Waals surface area (Å²) in [6, 6.07) is 10.3. The van der Waals surface area contributed by atoms with Gasteiger partial charge in [0.15, 0.2) is 5.78 Å². The summed E-state index contributed by atoms with van der Waals surface area (Å²) >= 11 is 5.85. The lowest BCUT2D eigenvalue weighted by atomic mass is 10.2. The fourth-order valence-corrected chi connectivity index (χ4v) is 3.53. The minimum atomic E-state index is -3.89. The second-order valence-electron chi connectivity index (χ2n) is 5.73. The number of ketones is 1. The smallest absolute Gasteiger partial charge is 0.326 e. The highest BCUT2D eigenvalue weighted by molar-refractivity contribution is 7.89. The lowest BCUT2D eigenvalue weighted by molar-refractivity contribution is -0.134. The van der Waals surface area contributed by atoms with Crippen molar-refractivity contribution in [2.75, 3.05) is 13.6 Å². The van der Waals surface area contributed by atoms with Gasteiger partial charge in [0.1, 0.15) is 12.3 Å². The molecule has 0 heterocycles. The van der Waals surface area contributed by atoms with Crippen molar-refractivity contribution in [1.82, 2.24) is 4.31 Å². The van der Waals surface area contributed by atoms with Crippen LogP contribution < -0.4 is 4.74 Å². The largest absolute Gasteiger partial charge is 0.425 e. The van der Waals surface area contributed by atoms with Gasteiger partial charge in [-0.2, -0.15) is 4.31 Å². The zero-order valence-electron chi connectivity index (χ0n) is 14.5. The Morgan fingerprint density at radius 2 is 1.73 bits per heavy atom. The number of carbonyl (C=O) groups excluding carboxylic acids is 2. The predicted octanol–water partition coefficient (Wildman–Crippen LogP) is 3.08. The average Bonchev–Trinajstić information content (AvgIpc) is 2.57. The molecular weight excluding hydrogens is 378 g/mol. The van der Waals surface area contributed by atoms with Gasteiger partial charge in [0, 0.05) is 17.6 Å². The maximum Gasteiger partial charge on any atom is 0.326 e. The van der Waals surface area contributed by atoms with Crippen LogP contribution in [0.1, 0.15) is 22.8 Å². The van der Waals surface area contributed by atoms with Gasteiger partial charge in [-0.3, -0.25) is 9.59 Å². The molecule has 2 aromatic rings. The van der Waals surface area contributed by atoms with E-state index in [1.165, 1.54) is 38.2 Å². The zero-order chi connectivity index (χ0) is 19.5. The molecule has 0 aliphatic carbocycles. The van der Waals surface area contributed by atoms with E-state index in [9.17, 15) is 18.0 Å². The van der Waals surface area contributed by atoms with Gasteiger partial charge in [-0.1, -0.05) is 23.7 Å². The van der Waals surface area contributed by atoms with E-state index in [2.05, 4.69) is 0 Å². The molecule has 0 unspecified atom stereocenters. The van der Waals surface area contributed by atoms with Gasteiger partial charge in [0.25, 0.3) is 0 Å². The third-order valence-electron chi connectivity index (χ3n) is 3.68. The molecule has 2 aromatic carbocycles. The summed E-state index contributed by atoms with van der Waals surface area (Å²) in [4.78, 5) is 23.3. The van der Waals surface area contributed by atoms with E-state index >= 15 is 0 Å². The first-order chi connectivity index (χ1) is 12.1. The SMILES string of the molecule is CC(=O)c1ccc(S(=O)(=O)N(C)CC(=O)Oc2ccc(Cl)cc2C)cc1. The molecule has 26 heavy (non-hydrogen) atoms. The van der Waals surface area contributed by atoms with Crippen LogP contribution in [0, 0.1) is 6.92 Å². The van der Waals surface area contributed by atoms with Crippen molar-refractivity contribution in [1.29, 1.82) is 0 Å². The number of sulfonamides is 1. The number of halogens is 1. The molecular formula is C18H18ClNO5S. The van der Waals surface area contributed by atoms with Gasteiger partial charge < -0.3 is 4.74 Å². The highest BCUT2D eigenvalue weighted by Crippen LogP contribution is 2.22. The molecule has 0 aromatic heterocycles. The first kappa shape index (κ1) is 20.1. The third-order valence-corrected chi connectivity index (χ3v) is 5.73. The number of carbonyl (C=O) groups is 2. The first-order valence-corrected chi connectivity index (χ1v) is 9.47. The van der Waals surface area contributed by atoms with E-state index in [4.69, 9.17) is 16.3 Å². The molecule has 6 nitrogen and oxygen atoms in total. The normalized spacial score (nSPS) is 11.4. The fraction of sp³-hybridized carbons (Fsp3) is 0.222. The molecule has 0 saturated carbocycles. The Morgan fingerprint density at radius 1 is 1.12 bits per heavy atom. The van der Waals surface area contributed by atoms with Gasteiger partial charge >= 0.3 is 5.97 Å². The van der Waals surface area contributed by atoms with Crippen LogP contribution in [0.2, 0.25) is 5.02 Å². The standard InChI is InChI=1S/C18H18ClNO5S/c1-12-10-15(19)6-9-17(12)25-18(22)11-20(3)26(23,24)16-7-4-14(5-8-16)13(2)21/h4-10H,11H2,1-3H3. The zero-order valence-corrected chi connectivity index (χ0v) is 16.1. The van der Waals surface area contributed by atoms with E-state index in [-0.39, 0.29) is 10.7 Å². The molecule has 8 heteroatoms. The molecule has 0 radical (unpaired) electrons. The fourth-order valence-electron chi connectivity index (χ4n) is 2.19. The first-order valence-electron chi connectivity index (χ1n) is 7.65. The molecule has 0 aliphatic heterocycles. The van der Waals surface area contributed by atoms with Gasteiger partial charge in [-0.15, -0.1) is 0 Å². The Morgan fingerprint density at radius 3 is 2.27 bits per heavy atom. The van der Waals surface area contributed by atoms with E-state index < -0.39 is 22.5 Å². The molecule has 138 valence electrons. The number of aryl methyl sites for hydroxylation is 1. The molecule has 0 N–H and O–H groups in total. The van der Waals surface area contributed by atoms with Crippen LogP contribution in [0.4, 0.5) is 0 Å². The highest BCUT2D eigenvalue weighted by atomic mass is 35.5. The Balaban J connectivity index is 2.10. The number of Topliss-reactive ketones (excluding diaryl/α,β-unsaturated/α-hetero) is 1. The lowest BCUT2D eigenvalue weighted by Crippen LogP contribution is -2.34. The molecule has 0 amide bonds. The van der Waals surface area contributed by atoms with E-state index in [1.807, 2.05) is 0 Å². The summed E-state index contributed by atoms with van der Waals surface area (Å²) in [6.07, 6.45) is 0. The second kappa shape index (κ2) is 7.99.